The molecule has 5 heteroatoms. The summed E-state index contributed by atoms with van der Waals surface area (Å²) in [5.74, 6) is 1.14. The Labute approximate surface area is 207 Å². The van der Waals surface area contributed by atoms with Crippen molar-refractivity contribution in [1.29, 1.82) is 0 Å². The van der Waals surface area contributed by atoms with Gasteiger partial charge in [-0.05, 0) is 28.8 Å². The maximum absolute atomic E-state index is 14.0. The van der Waals surface area contributed by atoms with E-state index in [4.69, 9.17) is 0 Å². The molecule has 0 saturated carbocycles. The van der Waals surface area contributed by atoms with Crippen LogP contribution in [0, 0.1) is 0 Å². The number of hydrogen-bond donors (Lipinski definition) is 1. The predicted octanol–water partition coefficient (Wildman–Crippen LogP) is 5.30. The topological polar surface area (TPSA) is 50.2 Å². The van der Waals surface area contributed by atoms with Gasteiger partial charge >= 0.3 is 0 Å². The van der Waals surface area contributed by atoms with Crippen LogP contribution in [0.1, 0.15) is 47.9 Å². The van der Waals surface area contributed by atoms with Crippen LogP contribution in [-0.4, -0.2) is 45.5 Å². The molecule has 1 saturated heterocycles. The smallest absolute Gasteiger partial charge is 0.254 e. The first-order chi connectivity index (χ1) is 17.2. The summed E-state index contributed by atoms with van der Waals surface area (Å²) in [5.41, 5.74) is 2.04. The number of aromatic nitrogens is 2. The van der Waals surface area contributed by atoms with Gasteiger partial charge in [-0.1, -0.05) is 86.5 Å². The van der Waals surface area contributed by atoms with E-state index in [1.54, 1.807) is 0 Å². The largest absolute Gasteiger partial charge is 0.332 e. The van der Waals surface area contributed by atoms with Gasteiger partial charge in [0.1, 0.15) is 5.82 Å². The van der Waals surface area contributed by atoms with Crippen molar-refractivity contribution in [1.82, 2.24) is 19.8 Å². The van der Waals surface area contributed by atoms with E-state index < -0.39 is 0 Å². The standard InChI is InChI=1S/C30H34N4O/c1-2-3-14-25-22-34(30(35)28-16-9-13-24-12-7-8-15-27(24)28)26(20-32-25)19-29-31-17-18-33(29)21-23-10-5-4-6-11-23/h4-13,15-18,25-26,32H,2-3,14,19-22H2,1H3. The van der Waals surface area contributed by atoms with E-state index in [0.29, 0.717) is 6.04 Å². The monoisotopic (exact) mass is 466 g/mol. The molecule has 3 aromatic carbocycles. The van der Waals surface area contributed by atoms with Crippen molar-refractivity contribution in [2.75, 3.05) is 13.1 Å². The minimum atomic E-state index is 0.0521. The third-order valence-electron chi connectivity index (χ3n) is 7.10. The van der Waals surface area contributed by atoms with E-state index in [2.05, 4.69) is 69.2 Å². The number of benzene rings is 3. The Balaban J connectivity index is 1.41. The van der Waals surface area contributed by atoms with E-state index in [9.17, 15) is 4.79 Å². The Morgan fingerprint density at radius 3 is 2.69 bits per heavy atom. The maximum atomic E-state index is 14.0. The molecule has 180 valence electrons. The van der Waals surface area contributed by atoms with Crippen molar-refractivity contribution < 1.29 is 4.79 Å². The third-order valence-corrected chi connectivity index (χ3v) is 7.10. The first kappa shape index (κ1) is 23.3. The maximum Gasteiger partial charge on any atom is 0.254 e. The highest BCUT2D eigenvalue weighted by Crippen LogP contribution is 2.24. The molecule has 35 heavy (non-hydrogen) atoms. The van der Waals surface area contributed by atoms with Gasteiger partial charge in [0.25, 0.3) is 5.91 Å². The molecular formula is C30H34N4O. The molecule has 1 N–H and O–H groups in total. The van der Waals surface area contributed by atoms with E-state index >= 15 is 0 Å². The van der Waals surface area contributed by atoms with Gasteiger partial charge in [0.15, 0.2) is 0 Å². The molecule has 0 bridgehead atoms. The van der Waals surface area contributed by atoms with Gasteiger partial charge in [-0.25, -0.2) is 4.98 Å². The summed E-state index contributed by atoms with van der Waals surface area (Å²) in [6.45, 7) is 4.51. The fourth-order valence-corrected chi connectivity index (χ4v) is 5.17. The van der Waals surface area contributed by atoms with Gasteiger partial charge in [0.2, 0.25) is 0 Å². The number of hydrogen-bond acceptors (Lipinski definition) is 3. The Kier molecular flexibility index (Phi) is 7.24. The van der Waals surface area contributed by atoms with Crippen LogP contribution in [0.2, 0.25) is 0 Å². The van der Waals surface area contributed by atoms with Crippen LogP contribution in [0.15, 0.2) is 85.2 Å². The molecule has 2 unspecified atom stereocenters. The molecule has 2 atom stereocenters. The van der Waals surface area contributed by atoms with Crippen molar-refractivity contribution >= 4 is 16.7 Å². The number of fused-ring (bicyclic) bond motifs is 1. The van der Waals surface area contributed by atoms with Crippen LogP contribution in [-0.2, 0) is 13.0 Å². The first-order valence-corrected chi connectivity index (χ1v) is 12.8. The summed E-state index contributed by atoms with van der Waals surface area (Å²) in [6, 6.07) is 25.0. The molecule has 1 aliphatic heterocycles. The van der Waals surface area contributed by atoms with Crippen LogP contribution in [0.5, 0.6) is 0 Å². The molecule has 1 aliphatic rings. The fraction of sp³-hybridized carbons (Fsp3) is 0.333. The summed E-state index contributed by atoms with van der Waals surface area (Å²) in [7, 11) is 0. The zero-order valence-electron chi connectivity index (χ0n) is 20.4. The lowest BCUT2D eigenvalue weighted by Crippen LogP contribution is -2.59. The average Bonchev–Trinajstić information content (AvgIpc) is 3.34. The zero-order chi connectivity index (χ0) is 24.0. The quantitative estimate of drug-likeness (QED) is 0.383. The summed E-state index contributed by atoms with van der Waals surface area (Å²) in [5, 5.41) is 5.85. The lowest BCUT2D eigenvalue weighted by molar-refractivity contribution is 0.0576. The van der Waals surface area contributed by atoms with Gasteiger partial charge < -0.3 is 14.8 Å². The first-order valence-electron chi connectivity index (χ1n) is 12.8. The molecule has 0 aliphatic carbocycles. The SMILES string of the molecule is CCCCC1CN(C(=O)c2cccc3ccccc23)C(Cc2nccn2Cc2ccccc2)CN1. The Morgan fingerprint density at radius 2 is 1.83 bits per heavy atom. The number of nitrogens with zero attached hydrogens (tertiary/aromatic N) is 3. The number of amides is 1. The van der Waals surface area contributed by atoms with E-state index in [-0.39, 0.29) is 11.9 Å². The second kappa shape index (κ2) is 10.9. The molecular weight excluding hydrogens is 432 g/mol. The number of imidazole rings is 1. The second-order valence-electron chi connectivity index (χ2n) is 9.55. The van der Waals surface area contributed by atoms with Crippen LogP contribution < -0.4 is 5.32 Å². The van der Waals surface area contributed by atoms with E-state index in [1.807, 2.05) is 42.7 Å². The van der Waals surface area contributed by atoms with Crippen LogP contribution in [0.25, 0.3) is 10.8 Å². The summed E-state index contributed by atoms with van der Waals surface area (Å²) in [6.07, 6.45) is 8.06. The average molecular weight is 467 g/mol. The molecule has 0 radical (unpaired) electrons. The minimum Gasteiger partial charge on any atom is -0.332 e. The number of unbranched alkanes of at least 4 members (excludes halogenated alkanes) is 1. The van der Waals surface area contributed by atoms with E-state index in [0.717, 1.165) is 61.1 Å². The van der Waals surface area contributed by atoms with Crippen molar-refractivity contribution in [3.05, 3.63) is 102 Å². The number of carbonyl (C=O) groups excluding carboxylic acids is 1. The van der Waals surface area contributed by atoms with Crippen molar-refractivity contribution in [3.63, 3.8) is 0 Å². The normalized spacial score (nSPS) is 18.1. The second-order valence-corrected chi connectivity index (χ2v) is 9.55. The highest BCUT2D eigenvalue weighted by Gasteiger charge is 2.33. The van der Waals surface area contributed by atoms with Crippen molar-refractivity contribution in [2.45, 2.75) is 51.2 Å². The van der Waals surface area contributed by atoms with Crippen molar-refractivity contribution in [2.24, 2.45) is 0 Å². The van der Waals surface area contributed by atoms with Gasteiger partial charge in [0.05, 0.1) is 6.04 Å². The summed E-state index contributed by atoms with van der Waals surface area (Å²) < 4.78 is 2.21. The lowest BCUT2D eigenvalue weighted by Gasteiger charge is -2.41. The van der Waals surface area contributed by atoms with E-state index in [1.165, 1.54) is 12.0 Å². The molecule has 4 aromatic rings. The van der Waals surface area contributed by atoms with Gasteiger partial charge in [-0.3, -0.25) is 4.79 Å². The molecule has 0 spiro atoms. The Bertz CT molecular complexity index is 1260. The molecule has 1 amide bonds. The molecule has 5 nitrogen and oxygen atoms in total. The summed E-state index contributed by atoms with van der Waals surface area (Å²) >= 11 is 0. The zero-order valence-corrected chi connectivity index (χ0v) is 20.4. The Morgan fingerprint density at radius 1 is 1.03 bits per heavy atom. The number of nitrogens with one attached hydrogen (secondary N) is 1. The summed E-state index contributed by atoms with van der Waals surface area (Å²) in [4.78, 5) is 20.8. The van der Waals surface area contributed by atoms with Gasteiger partial charge in [-0.15, -0.1) is 0 Å². The highest BCUT2D eigenvalue weighted by atomic mass is 16.2. The highest BCUT2D eigenvalue weighted by molar-refractivity contribution is 6.07. The number of rotatable bonds is 8. The molecule has 2 heterocycles. The molecule has 1 aromatic heterocycles. The van der Waals surface area contributed by atoms with Crippen LogP contribution in [0.4, 0.5) is 0 Å². The molecule has 1 fully saturated rings. The van der Waals surface area contributed by atoms with Crippen LogP contribution >= 0.6 is 0 Å². The molecule has 5 rings (SSSR count). The van der Waals surface area contributed by atoms with Gasteiger partial charge in [-0.2, -0.15) is 0 Å². The third kappa shape index (κ3) is 5.30. The lowest BCUT2D eigenvalue weighted by atomic mass is 9.98. The number of piperazine rings is 1. The van der Waals surface area contributed by atoms with Crippen molar-refractivity contribution in [3.8, 4) is 0 Å². The van der Waals surface area contributed by atoms with Crippen LogP contribution in [0.3, 0.4) is 0 Å². The number of carbonyl (C=O) groups is 1. The minimum absolute atomic E-state index is 0.0521. The fourth-order valence-electron chi connectivity index (χ4n) is 5.17. The van der Waals surface area contributed by atoms with Gasteiger partial charge in [0, 0.05) is 50.1 Å². The Hall–Kier alpha value is -3.44. The predicted molar refractivity (Wildman–Crippen MR) is 142 cm³/mol.